The van der Waals surface area contributed by atoms with E-state index in [4.69, 9.17) is 0 Å². The first kappa shape index (κ1) is 13.7. The van der Waals surface area contributed by atoms with Crippen LogP contribution in [0.25, 0.3) is 0 Å². The van der Waals surface area contributed by atoms with Gasteiger partial charge in [0.2, 0.25) is 0 Å². The predicted molar refractivity (Wildman–Crippen MR) is 78.8 cm³/mol. The second-order valence-electron chi connectivity index (χ2n) is 6.23. The zero-order valence-corrected chi connectivity index (χ0v) is 13.5. The van der Waals surface area contributed by atoms with E-state index >= 15 is 0 Å². The van der Waals surface area contributed by atoms with Gasteiger partial charge in [-0.05, 0) is 11.1 Å². The van der Waals surface area contributed by atoms with Gasteiger partial charge in [0.05, 0.1) is 0 Å². The fourth-order valence-corrected chi connectivity index (χ4v) is 11.9. The molecule has 0 heterocycles. The van der Waals surface area contributed by atoms with Gasteiger partial charge in [-0.25, -0.2) is 0 Å². The van der Waals surface area contributed by atoms with Crippen LogP contribution in [0, 0.1) is 0 Å². The van der Waals surface area contributed by atoms with Crippen LogP contribution in [-0.4, -0.2) is 16.5 Å². The van der Waals surface area contributed by atoms with Gasteiger partial charge in [-0.2, -0.15) is 0 Å². The van der Waals surface area contributed by atoms with Gasteiger partial charge in [0.1, 0.15) is 16.5 Å². The smallest absolute Gasteiger partial charge is 0.120 e. The molecule has 0 aliphatic rings. The molecular formula is C13H25NSi2. The van der Waals surface area contributed by atoms with Crippen LogP contribution in [0.4, 0.5) is 0 Å². The van der Waals surface area contributed by atoms with Crippen LogP contribution < -0.4 is 4.65 Å². The maximum absolute atomic E-state index is 3.97. The average molecular weight is 252 g/mol. The minimum Gasteiger partial charge on any atom is -0.359 e. The number of nitrogens with one attached hydrogen (secondary N) is 1. The van der Waals surface area contributed by atoms with Gasteiger partial charge < -0.3 is 4.65 Å². The summed E-state index contributed by atoms with van der Waals surface area (Å²) in [4.78, 5) is 0. The summed E-state index contributed by atoms with van der Waals surface area (Å²) in [6.45, 7) is 14.4. The van der Waals surface area contributed by atoms with E-state index in [2.05, 4.69) is 74.6 Å². The van der Waals surface area contributed by atoms with Crippen molar-refractivity contribution in [1.82, 2.24) is 4.65 Å². The van der Waals surface area contributed by atoms with Crippen molar-refractivity contribution < 1.29 is 0 Å². The normalized spacial score (nSPS) is 14.9. The van der Waals surface area contributed by atoms with Crippen molar-refractivity contribution in [2.45, 2.75) is 45.2 Å². The fourth-order valence-electron chi connectivity index (χ4n) is 2.23. The maximum atomic E-state index is 3.97. The molecule has 0 spiro atoms. The molecule has 0 saturated carbocycles. The Labute approximate surface area is 102 Å². The highest BCUT2D eigenvalue weighted by Gasteiger charge is 2.33. The Balaban J connectivity index is 2.84. The molecule has 0 aliphatic carbocycles. The minimum atomic E-state index is -1.37. The van der Waals surface area contributed by atoms with Crippen LogP contribution in [-0.2, 0) is 0 Å². The molecule has 1 aromatic carbocycles. The summed E-state index contributed by atoms with van der Waals surface area (Å²) in [6, 6.07) is 10.9. The van der Waals surface area contributed by atoms with E-state index in [1.54, 1.807) is 0 Å². The molecule has 0 bridgehead atoms. The second kappa shape index (κ2) is 4.86. The summed E-state index contributed by atoms with van der Waals surface area (Å²) in [5.41, 5.74) is 2.14. The molecule has 0 aromatic heterocycles. The molecule has 16 heavy (non-hydrogen) atoms. The Hall–Kier alpha value is -0.386. The van der Waals surface area contributed by atoms with E-state index in [0.29, 0.717) is 5.54 Å². The summed E-state index contributed by atoms with van der Waals surface area (Å²) in [5.74, 6) is 0. The molecule has 1 aromatic rings. The summed E-state index contributed by atoms with van der Waals surface area (Å²) in [7, 11) is -2.55. The van der Waals surface area contributed by atoms with E-state index < -0.39 is 16.5 Å². The molecule has 1 atom stereocenters. The van der Waals surface area contributed by atoms with Crippen LogP contribution in [0.3, 0.4) is 0 Å². The summed E-state index contributed by atoms with van der Waals surface area (Å²) in [6.07, 6.45) is 0. The van der Waals surface area contributed by atoms with Crippen LogP contribution in [0.5, 0.6) is 0 Å². The molecule has 3 heteroatoms. The van der Waals surface area contributed by atoms with Gasteiger partial charge in [-0.3, -0.25) is 0 Å². The zero-order chi connectivity index (χ0) is 12.4. The van der Waals surface area contributed by atoms with Crippen molar-refractivity contribution in [3.05, 3.63) is 35.9 Å². The van der Waals surface area contributed by atoms with Crippen molar-refractivity contribution in [2.24, 2.45) is 0 Å². The third-order valence-corrected chi connectivity index (χ3v) is 11.2. The first-order chi connectivity index (χ1) is 7.22. The molecule has 1 rings (SSSR count). The lowest BCUT2D eigenvalue weighted by Gasteiger charge is -2.37. The van der Waals surface area contributed by atoms with Crippen LogP contribution in [0.15, 0.2) is 30.3 Å². The van der Waals surface area contributed by atoms with E-state index in [-0.39, 0.29) is 0 Å². The van der Waals surface area contributed by atoms with E-state index in [9.17, 15) is 0 Å². The van der Waals surface area contributed by atoms with Crippen molar-refractivity contribution in [3.63, 3.8) is 0 Å². The van der Waals surface area contributed by atoms with Crippen LogP contribution in [0.1, 0.15) is 18.0 Å². The zero-order valence-electron chi connectivity index (χ0n) is 11.5. The average Bonchev–Trinajstić information content (AvgIpc) is 2.14. The highest BCUT2D eigenvalue weighted by Crippen LogP contribution is 2.25. The molecule has 0 aliphatic heterocycles. The standard InChI is InChI=1S/C13H25NSi2/c1-12(13-10-8-7-9-11-13)16(5,6)14-15(2,3)4/h7-12,14H,1-6H3. The summed E-state index contributed by atoms with van der Waals surface area (Å²) in [5, 5.41) is 0. The van der Waals surface area contributed by atoms with Crippen LogP contribution >= 0.6 is 0 Å². The summed E-state index contributed by atoms with van der Waals surface area (Å²) < 4.78 is 3.97. The molecule has 1 nitrogen and oxygen atoms in total. The number of hydrogen-bond acceptors (Lipinski definition) is 1. The van der Waals surface area contributed by atoms with Crippen molar-refractivity contribution >= 4 is 16.5 Å². The van der Waals surface area contributed by atoms with Crippen molar-refractivity contribution in [2.75, 3.05) is 0 Å². The van der Waals surface area contributed by atoms with Gasteiger partial charge in [0.15, 0.2) is 0 Å². The van der Waals surface area contributed by atoms with E-state index in [1.807, 2.05) is 0 Å². The second-order valence-corrected chi connectivity index (χ2v) is 16.0. The van der Waals surface area contributed by atoms with Crippen LogP contribution in [0.2, 0.25) is 32.7 Å². The van der Waals surface area contributed by atoms with Crippen molar-refractivity contribution in [1.29, 1.82) is 0 Å². The molecule has 1 unspecified atom stereocenters. The van der Waals surface area contributed by atoms with Gasteiger partial charge in [0.25, 0.3) is 0 Å². The molecule has 90 valence electrons. The molecular weight excluding hydrogens is 226 g/mol. The van der Waals surface area contributed by atoms with E-state index in [0.717, 1.165) is 0 Å². The Morgan fingerprint density at radius 1 is 0.938 bits per heavy atom. The highest BCUT2D eigenvalue weighted by molar-refractivity contribution is 6.91. The molecule has 0 amide bonds. The van der Waals surface area contributed by atoms with Gasteiger partial charge >= 0.3 is 0 Å². The molecule has 0 fully saturated rings. The lowest BCUT2D eigenvalue weighted by atomic mass is 10.2. The highest BCUT2D eigenvalue weighted by atomic mass is 28.4. The molecule has 0 radical (unpaired) electrons. The lowest BCUT2D eigenvalue weighted by molar-refractivity contribution is 0.981. The van der Waals surface area contributed by atoms with Gasteiger partial charge in [0, 0.05) is 0 Å². The summed E-state index contributed by atoms with van der Waals surface area (Å²) >= 11 is 0. The lowest BCUT2D eigenvalue weighted by Crippen LogP contribution is -2.60. The Morgan fingerprint density at radius 2 is 1.44 bits per heavy atom. The number of hydrogen-bond donors (Lipinski definition) is 1. The molecule has 0 saturated heterocycles. The third-order valence-electron chi connectivity index (χ3n) is 3.08. The van der Waals surface area contributed by atoms with Gasteiger partial charge in [-0.1, -0.05) is 70.0 Å². The minimum absolute atomic E-state index is 0.667. The third kappa shape index (κ3) is 3.88. The number of rotatable bonds is 4. The van der Waals surface area contributed by atoms with E-state index in [1.165, 1.54) is 5.56 Å². The van der Waals surface area contributed by atoms with Crippen molar-refractivity contribution in [3.8, 4) is 0 Å². The largest absolute Gasteiger partial charge is 0.359 e. The SMILES string of the molecule is CC(c1ccccc1)[Si](C)(C)N[Si](C)(C)C. The fraction of sp³-hybridized carbons (Fsp3) is 0.538. The Kier molecular flexibility index (Phi) is 4.15. The Bertz CT molecular complexity index is 328. The molecule has 1 N–H and O–H groups in total. The first-order valence-corrected chi connectivity index (χ1v) is 12.6. The quantitative estimate of drug-likeness (QED) is 0.799. The number of benzene rings is 1. The Morgan fingerprint density at radius 3 is 1.88 bits per heavy atom. The maximum Gasteiger partial charge on any atom is 0.120 e. The topological polar surface area (TPSA) is 12.0 Å². The predicted octanol–water partition coefficient (Wildman–Crippen LogP) is 3.96. The monoisotopic (exact) mass is 251 g/mol. The first-order valence-electron chi connectivity index (χ1n) is 6.07. The van der Waals surface area contributed by atoms with Gasteiger partial charge in [-0.15, -0.1) is 0 Å².